The molecular formula is C24H25BrN2O4S. The van der Waals surface area contributed by atoms with E-state index < -0.39 is 10.0 Å². The zero-order chi connectivity index (χ0) is 23.1. The Hall–Kier alpha value is -2.84. The van der Waals surface area contributed by atoms with Gasteiger partial charge in [-0.3, -0.25) is 9.10 Å². The maximum Gasteiger partial charge on any atom is 0.251 e. The fraction of sp³-hybridized carbons (Fsp3) is 0.208. The normalized spacial score (nSPS) is 11.1. The van der Waals surface area contributed by atoms with Crippen LogP contribution < -0.4 is 14.4 Å². The molecule has 0 saturated carbocycles. The lowest BCUT2D eigenvalue weighted by molar-refractivity contribution is 0.0947. The van der Waals surface area contributed by atoms with Gasteiger partial charge < -0.3 is 10.1 Å². The summed E-state index contributed by atoms with van der Waals surface area (Å²) < 4.78 is 32.4. The van der Waals surface area contributed by atoms with Gasteiger partial charge in [-0.05, 0) is 60.5 Å². The third-order valence-electron chi connectivity index (χ3n) is 4.68. The first-order valence-electron chi connectivity index (χ1n) is 10.0. The van der Waals surface area contributed by atoms with Crippen molar-refractivity contribution in [2.24, 2.45) is 0 Å². The number of nitrogens with zero attached hydrogens (tertiary/aromatic N) is 1. The van der Waals surface area contributed by atoms with Crippen LogP contribution in [0.5, 0.6) is 5.75 Å². The standard InChI is InChI=1S/C24H25BrN2O4S/c1-18-5-3-8-23(15-18)31-14-13-26-24(28)20-11-9-19(10-12-20)17-27(32(2,29)30)22-7-4-6-21(25)16-22/h3-12,15-16H,13-14,17H2,1-2H3,(H,26,28). The highest BCUT2D eigenvalue weighted by molar-refractivity contribution is 9.10. The summed E-state index contributed by atoms with van der Waals surface area (Å²) in [5, 5.41) is 2.82. The summed E-state index contributed by atoms with van der Waals surface area (Å²) in [5.74, 6) is 0.556. The van der Waals surface area contributed by atoms with Crippen molar-refractivity contribution >= 4 is 37.5 Å². The van der Waals surface area contributed by atoms with E-state index in [2.05, 4.69) is 21.2 Å². The van der Waals surface area contributed by atoms with E-state index in [1.165, 1.54) is 10.6 Å². The van der Waals surface area contributed by atoms with Gasteiger partial charge in [-0.15, -0.1) is 0 Å². The van der Waals surface area contributed by atoms with Crippen molar-refractivity contribution in [1.82, 2.24) is 5.32 Å². The maximum atomic E-state index is 12.4. The first kappa shape index (κ1) is 23.8. The Morgan fingerprint density at radius 3 is 2.41 bits per heavy atom. The van der Waals surface area contributed by atoms with Crippen LogP contribution in [0.4, 0.5) is 5.69 Å². The van der Waals surface area contributed by atoms with Crippen molar-refractivity contribution in [2.75, 3.05) is 23.7 Å². The van der Waals surface area contributed by atoms with E-state index in [4.69, 9.17) is 4.74 Å². The monoisotopic (exact) mass is 516 g/mol. The van der Waals surface area contributed by atoms with Crippen LogP contribution in [0.3, 0.4) is 0 Å². The molecule has 0 radical (unpaired) electrons. The lowest BCUT2D eigenvalue weighted by Crippen LogP contribution is -2.29. The number of aryl methyl sites for hydroxylation is 1. The van der Waals surface area contributed by atoms with Gasteiger partial charge in [0.25, 0.3) is 5.91 Å². The molecule has 0 unspecified atom stereocenters. The Bertz CT molecular complexity index is 1180. The fourth-order valence-electron chi connectivity index (χ4n) is 3.10. The predicted octanol–water partition coefficient (Wildman–Crippen LogP) is 4.53. The minimum absolute atomic E-state index is 0.168. The molecule has 0 saturated heterocycles. The van der Waals surface area contributed by atoms with Gasteiger partial charge in [-0.25, -0.2) is 8.42 Å². The number of halogens is 1. The molecule has 0 aromatic heterocycles. The molecule has 0 spiro atoms. The quantitative estimate of drug-likeness (QED) is 0.424. The third-order valence-corrected chi connectivity index (χ3v) is 6.32. The van der Waals surface area contributed by atoms with Crippen LogP contribution >= 0.6 is 15.9 Å². The van der Waals surface area contributed by atoms with Crippen LogP contribution in [-0.4, -0.2) is 33.7 Å². The van der Waals surface area contributed by atoms with Crippen LogP contribution in [-0.2, 0) is 16.6 Å². The van der Waals surface area contributed by atoms with Crippen molar-refractivity contribution in [1.29, 1.82) is 0 Å². The van der Waals surface area contributed by atoms with Gasteiger partial charge >= 0.3 is 0 Å². The number of carbonyl (C=O) groups is 1. The highest BCUT2D eigenvalue weighted by Crippen LogP contribution is 2.24. The van der Waals surface area contributed by atoms with Gasteiger partial charge in [-0.1, -0.05) is 46.3 Å². The summed E-state index contributed by atoms with van der Waals surface area (Å²) in [6.07, 6.45) is 1.18. The number of anilines is 1. The molecule has 0 aliphatic rings. The lowest BCUT2D eigenvalue weighted by atomic mass is 10.1. The first-order valence-corrected chi connectivity index (χ1v) is 12.7. The second-order valence-electron chi connectivity index (χ2n) is 7.37. The molecule has 3 rings (SSSR count). The lowest BCUT2D eigenvalue weighted by Gasteiger charge is -2.23. The minimum atomic E-state index is -3.48. The zero-order valence-corrected chi connectivity index (χ0v) is 20.3. The van der Waals surface area contributed by atoms with Gasteiger partial charge in [0.1, 0.15) is 12.4 Å². The van der Waals surface area contributed by atoms with Crippen molar-refractivity contribution in [2.45, 2.75) is 13.5 Å². The molecule has 0 atom stereocenters. The van der Waals surface area contributed by atoms with Crippen molar-refractivity contribution in [3.8, 4) is 5.75 Å². The van der Waals surface area contributed by atoms with E-state index in [0.29, 0.717) is 24.4 Å². The minimum Gasteiger partial charge on any atom is -0.492 e. The zero-order valence-electron chi connectivity index (χ0n) is 17.9. The number of carbonyl (C=O) groups excluding carboxylic acids is 1. The largest absolute Gasteiger partial charge is 0.492 e. The first-order chi connectivity index (χ1) is 15.2. The van der Waals surface area contributed by atoms with E-state index in [1.807, 2.05) is 37.3 Å². The smallest absolute Gasteiger partial charge is 0.251 e. The van der Waals surface area contributed by atoms with E-state index in [-0.39, 0.29) is 12.5 Å². The number of rotatable bonds is 9. The second-order valence-corrected chi connectivity index (χ2v) is 10.2. The topological polar surface area (TPSA) is 75.7 Å². The molecule has 0 bridgehead atoms. The third kappa shape index (κ3) is 6.83. The average molecular weight is 517 g/mol. The molecule has 1 N–H and O–H groups in total. The molecule has 6 nitrogen and oxygen atoms in total. The van der Waals surface area contributed by atoms with Crippen LogP contribution in [0.2, 0.25) is 0 Å². The molecular weight excluding hydrogens is 492 g/mol. The molecule has 8 heteroatoms. The summed E-state index contributed by atoms with van der Waals surface area (Å²) in [6.45, 7) is 2.90. The van der Waals surface area contributed by atoms with Gasteiger partial charge in [0, 0.05) is 10.0 Å². The molecule has 1 amide bonds. The Labute approximate surface area is 197 Å². The molecule has 0 fully saturated rings. The Morgan fingerprint density at radius 1 is 1.03 bits per heavy atom. The number of benzene rings is 3. The molecule has 0 aliphatic carbocycles. The van der Waals surface area contributed by atoms with Crippen molar-refractivity contribution < 1.29 is 17.9 Å². The van der Waals surface area contributed by atoms with Gasteiger partial charge in [-0.2, -0.15) is 0 Å². The van der Waals surface area contributed by atoms with Crippen molar-refractivity contribution in [3.63, 3.8) is 0 Å². The summed E-state index contributed by atoms with van der Waals surface area (Å²) in [4.78, 5) is 12.4. The molecule has 168 valence electrons. The molecule has 0 aliphatic heterocycles. The van der Waals surface area contributed by atoms with Crippen LogP contribution in [0, 0.1) is 6.92 Å². The van der Waals surface area contributed by atoms with Gasteiger partial charge in [0.05, 0.1) is 25.0 Å². The molecule has 3 aromatic carbocycles. The van der Waals surface area contributed by atoms with E-state index in [1.54, 1.807) is 42.5 Å². The molecule has 32 heavy (non-hydrogen) atoms. The van der Waals surface area contributed by atoms with Crippen LogP contribution in [0.1, 0.15) is 21.5 Å². The van der Waals surface area contributed by atoms with Crippen LogP contribution in [0.15, 0.2) is 77.3 Å². The highest BCUT2D eigenvalue weighted by Gasteiger charge is 2.18. The van der Waals surface area contributed by atoms with Gasteiger partial charge in [0.2, 0.25) is 10.0 Å². The fourth-order valence-corrected chi connectivity index (χ4v) is 4.37. The maximum absolute atomic E-state index is 12.4. The summed E-state index contributed by atoms with van der Waals surface area (Å²) in [6, 6.07) is 21.7. The van der Waals surface area contributed by atoms with Crippen LogP contribution in [0.25, 0.3) is 0 Å². The molecule has 0 heterocycles. The Balaban J connectivity index is 1.58. The predicted molar refractivity (Wildman–Crippen MR) is 131 cm³/mol. The van der Waals surface area contributed by atoms with E-state index in [0.717, 1.165) is 21.3 Å². The number of amides is 1. The van der Waals surface area contributed by atoms with E-state index in [9.17, 15) is 13.2 Å². The Kier molecular flexibility index (Phi) is 7.93. The van der Waals surface area contributed by atoms with E-state index >= 15 is 0 Å². The summed E-state index contributed by atoms with van der Waals surface area (Å²) in [7, 11) is -3.48. The number of hydrogen-bond acceptors (Lipinski definition) is 4. The number of ether oxygens (including phenoxy) is 1. The summed E-state index contributed by atoms with van der Waals surface area (Å²) >= 11 is 3.38. The SMILES string of the molecule is Cc1cccc(OCCNC(=O)c2ccc(CN(c3cccc(Br)c3)S(C)(=O)=O)cc2)c1. The number of nitrogens with one attached hydrogen (secondary N) is 1. The highest BCUT2D eigenvalue weighted by atomic mass is 79.9. The number of sulfonamides is 1. The average Bonchev–Trinajstić information content (AvgIpc) is 2.74. The van der Waals surface area contributed by atoms with Crippen molar-refractivity contribution in [3.05, 3.63) is 94.0 Å². The summed E-state index contributed by atoms with van der Waals surface area (Å²) in [5.41, 5.74) is 2.95. The number of hydrogen-bond donors (Lipinski definition) is 1. The second kappa shape index (κ2) is 10.7. The molecule has 3 aromatic rings. The van der Waals surface area contributed by atoms with Gasteiger partial charge in [0.15, 0.2) is 0 Å². The Morgan fingerprint density at radius 2 is 1.75 bits per heavy atom.